The molecule has 0 bridgehead atoms. The van der Waals surface area contributed by atoms with Crippen molar-refractivity contribution in [2.24, 2.45) is 0 Å². The largest absolute Gasteiger partial charge is 0.334 e. The normalized spacial score (nSPS) is 12.3. The molecule has 4 heteroatoms. The number of hydrogen-bond donors (Lipinski definition) is 0. The van der Waals surface area contributed by atoms with Crippen LogP contribution in [0.1, 0.15) is 5.56 Å². The summed E-state index contributed by atoms with van der Waals surface area (Å²) >= 11 is 5.89. The SMILES string of the molecule is c1ccc(Cn2c3ccccc3c3sc4c5sc6ccccc6c5sc4c32)cc1. The van der Waals surface area contributed by atoms with Crippen LogP contribution in [-0.4, -0.2) is 4.57 Å². The lowest BCUT2D eigenvalue weighted by atomic mass is 10.2. The molecule has 0 N–H and O–H groups in total. The zero-order chi connectivity index (χ0) is 18.9. The fourth-order valence-corrected chi connectivity index (χ4v) is 8.83. The molecule has 0 spiro atoms. The van der Waals surface area contributed by atoms with Crippen LogP contribution in [0.25, 0.3) is 50.0 Å². The monoisotopic (exact) mass is 425 g/mol. The summed E-state index contributed by atoms with van der Waals surface area (Å²) in [5.41, 5.74) is 4.09. The number of fused-ring (bicyclic) bond motifs is 9. The van der Waals surface area contributed by atoms with Crippen molar-refractivity contribution in [2.75, 3.05) is 0 Å². The van der Waals surface area contributed by atoms with E-state index in [4.69, 9.17) is 0 Å². The molecule has 4 heterocycles. The molecule has 138 valence electrons. The van der Waals surface area contributed by atoms with E-state index in [9.17, 15) is 0 Å². The van der Waals surface area contributed by atoms with E-state index in [1.807, 2.05) is 34.0 Å². The van der Waals surface area contributed by atoms with Gasteiger partial charge >= 0.3 is 0 Å². The molecule has 0 unspecified atom stereocenters. The van der Waals surface area contributed by atoms with Gasteiger partial charge in [-0.25, -0.2) is 0 Å². The molecular weight excluding hydrogens is 410 g/mol. The minimum Gasteiger partial charge on any atom is -0.334 e. The van der Waals surface area contributed by atoms with Gasteiger partial charge in [-0.05, 0) is 17.7 Å². The molecule has 0 aliphatic rings. The van der Waals surface area contributed by atoms with Crippen LogP contribution in [-0.2, 0) is 6.54 Å². The Morgan fingerprint density at radius 3 is 2.14 bits per heavy atom. The summed E-state index contributed by atoms with van der Waals surface area (Å²) in [6.07, 6.45) is 0. The van der Waals surface area contributed by atoms with Gasteiger partial charge in [0.2, 0.25) is 0 Å². The number of aromatic nitrogens is 1. The fraction of sp³-hybridized carbons (Fsp3) is 0.0400. The van der Waals surface area contributed by atoms with Gasteiger partial charge in [0.1, 0.15) is 0 Å². The smallest absolute Gasteiger partial charge is 0.0786 e. The zero-order valence-electron chi connectivity index (χ0n) is 15.4. The van der Waals surface area contributed by atoms with Crippen LogP contribution in [0.4, 0.5) is 0 Å². The minimum atomic E-state index is 0.906. The van der Waals surface area contributed by atoms with Gasteiger partial charge in [-0.3, -0.25) is 0 Å². The molecule has 1 nitrogen and oxygen atoms in total. The van der Waals surface area contributed by atoms with Crippen molar-refractivity contribution in [1.82, 2.24) is 4.57 Å². The quantitative estimate of drug-likeness (QED) is 0.262. The summed E-state index contributed by atoms with van der Waals surface area (Å²) in [6.45, 7) is 0.906. The molecule has 0 aliphatic carbocycles. The Kier molecular flexibility index (Phi) is 3.30. The average Bonchev–Trinajstić information content (AvgIpc) is 3.47. The number of rotatable bonds is 2. The van der Waals surface area contributed by atoms with Crippen LogP contribution in [0.2, 0.25) is 0 Å². The predicted octanol–water partition coefficient (Wildman–Crippen LogP) is 8.49. The first-order valence-corrected chi connectivity index (χ1v) is 12.1. The Balaban J connectivity index is 1.62. The van der Waals surface area contributed by atoms with Crippen LogP contribution >= 0.6 is 34.0 Å². The van der Waals surface area contributed by atoms with Crippen LogP contribution in [0.3, 0.4) is 0 Å². The zero-order valence-corrected chi connectivity index (χ0v) is 17.8. The molecule has 0 amide bonds. The van der Waals surface area contributed by atoms with Crippen molar-refractivity contribution in [3.8, 4) is 0 Å². The molecule has 3 aromatic carbocycles. The highest BCUT2D eigenvalue weighted by Crippen LogP contribution is 2.51. The Labute approximate surface area is 179 Å². The minimum absolute atomic E-state index is 0.906. The number of thiophene rings is 3. The van der Waals surface area contributed by atoms with Crippen molar-refractivity contribution in [2.45, 2.75) is 6.54 Å². The second-order valence-corrected chi connectivity index (χ2v) is 10.5. The maximum atomic E-state index is 2.53. The molecule has 29 heavy (non-hydrogen) atoms. The maximum absolute atomic E-state index is 2.53. The van der Waals surface area contributed by atoms with E-state index >= 15 is 0 Å². The predicted molar refractivity (Wildman–Crippen MR) is 131 cm³/mol. The lowest BCUT2D eigenvalue weighted by Gasteiger charge is -2.07. The van der Waals surface area contributed by atoms with E-state index in [0.29, 0.717) is 0 Å². The molecule has 0 saturated carbocycles. The first-order chi connectivity index (χ1) is 14.4. The highest BCUT2D eigenvalue weighted by Gasteiger charge is 2.21. The van der Waals surface area contributed by atoms with Gasteiger partial charge in [0.05, 0.1) is 34.5 Å². The van der Waals surface area contributed by atoms with Crippen LogP contribution < -0.4 is 0 Å². The van der Waals surface area contributed by atoms with E-state index < -0.39 is 0 Å². The Hall–Kier alpha value is -2.66. The fourth-order valence-electron chi connectivity index (χ4n) is 4.41. The topological polar surface area (TPSA) is 4.93 Å². The van der Waals surface area contributed by atoms with E-state index in [-0.39, 0.29) is 0 Å². The molecule has 0 fully saturated rings. The van der Waals surface area contributed by atoms with Crippen molar-refractivity contribution >= 4 is 84.0 Å². The third-order valence-electron chi connectivity index (χ3n) is 5.69. The van der Waals surface area contributed by atoms with Crippen molar-refractivity contribution in [1.29, 1.82) is 0 Å². The summed E-state index contributed by atoms with van der Waals surface area (Å²) in [5.74, 6) is 0. The van der Waals surface area contributed by atoms with Gasteiger partial charge < -0.3 is 4.57 Å². The van der Waals surface area contributed by atoms with E-state index in [2.05, 4.69) is 83.4 Å². The van der Waals surface area contributed by atoms with Crippen LogP contribution in [0.5, 0.6) is 0 Å². The Bertz CT molecular complexity index is 1670. The molecule has 0 aliphatic heterocycles. The van der Waals surface area contributed by atoms with E-state index in [1.165, 1.54) is 55.6 Å². The molecule has 7 aromatic rings. The molecule has 0 saturated heterocycles. The van der Waals surface area contributed by atoms with Gasteiger partial charge in [-0.15, -0.1) is 34.0 Å². The third kappa shape index (κ3) is 2.19. The second kappa shape index (κ2) is 5.92. The van der Waals surface area contributed by atoms with E-state index in [0.717, 1.165) is 6.54 Å². The van der Waals surface area contributed by atoms with Gasteiger partial charge in [-0.1, -0.05) is 66.7 Å². The summed E-state index contributed by atoms with van der Waals surface area (Å²) < 4.78 is 11.2. The summed E-state index contributed by atoms with van der Waals surface area (Å²) in [4.78, 5) is 0. The number of benzene rings is 3. The maximum Gasteiger partial charge on any atom is 0.0786 e. The Morgan fingerprint density at radius 1 is 0.552 bits per heavy atom. The van der Waals surface area contributed by atoms with Crippen LogP contribution in [0, 0.1) is 0 Å². The molecule has 7 rings (SSSR count). The van der Waals surface area contributed by atoms with Gasteiger partial charge in [0.15, 0.2) is 0 Å². The Morgan fingerprint density at radius 2 is 1.24 bits per heavy atom. The average molecular weight is 426 g/mol. The summed E-state index contributed by atoms with van der Waals surface area (Å²) in [5, 5.41) is 2.78. The highest BCUT2D eigenvalue weighted by atomic mass is 32.1. The molecule has 4 aromatic heterocycles. The van der Waals surface area contributed by atoms with E-state index in [1.54, 1.807) is 0 Å². The molecular formula is C25H15NS3. The molecule has 0 atom stereocenters. The van der Waals surface area contributed by atoms with Gasteiger partial charge in [0, 0.05) is 22.0 Å². The van der Waals surface area contributed by atoms with Crippen molar-refractivity contribution in [3.63, 3.8) is 0 Å². The van der Waals surface area contributed by atoms with Gasteiger partial charge in [0.25, 0.3) is 0 Å². The molecule has 0 radical (unpaired) electrons. The van der Waals surface area contributed by atoms with Crippen LogP contribution in [0.15, 0.2) is 78.9 Å². The van der Waals surface area contributed by atoms with Crippen molar-refractivity contribution in [3.05, 3.63) is 84.4 Å². The lowest BCUT2D eigenvalue weighted by molar-refractivity contribution is 0.872. The second-order valence-electron chi connectivity index (χ2n) is 7.39. The highest BCUT2D eigenvalue weighted by molar-refractivity contribution is 7.43. The number of nitrogens with zero attached hydrogens (tertiary/aromatic N) is 1. The third-order valence-corrected chi connectivity index (χ3v) is 9.73. The number of para-hydroxylation sites is 1. The van der Waals surface area contributed by atoms with Gasteiger partial charge in [-0.2, -0.15) is 0 Å². The van der Waals surface area contributed by atoms with Crippen molar-refractivity contribution < 1.29 is 0 Å². The first-order valence-electron chi connectivity index (χ1n) is 9.66. The lowest BCUT2D eigenvalue weighted by Crippen LogP contribution is -1.98. The summed E-state index contributed by atoms with van der Waals surface area (Å²) in [7, 11) is 0. The number of hydrogen-bond acceptors (Lipinski definition) is 3. The standard InChI is InChI=1S/C25H15NS3/c1-2-8-15(9-3-1)14-26-18-12-6-4-10-16(18)21-20(26)23-25(28-21)24-22(29-23)17-11-5-7-13-19(17)27-24/h1-13H,14H2. The first kappa shape index (κ1) is 16.2. The summed E-state index contributed by atoms with van der Waals surface area (Å²) in [6, 6.07) is 28.5.